The van der Waals surface area contributed by atoms with E-state index in [9.17, 15) is 4.79 Å². The molecule has 100 valence electrons. The Bertz CT molecular complexity index is 367. The van der Waals surface area contributed by atoms with E-state index in [1.54, 1.807) is 18.4 Å². The van der Waals surface area contributed by atoms with Gasteiger partial charge in [0.15, 0.2) is 0 Å². The molecule has 0 bridgehead atoms. The van der Waals surface area contributed by atoms with E-state index in [4.69, 9.17) is 4.74 Å². The zero-order valence-electron chi connectivity index (χ0n) is 10.7. The van der Waals surface area contributed by atoms with Gasteiger partial charge in [-0.05, 0) is 30.7 Å². The fourth-order valence-corrected chi connectivity index (χ4v) is 3.17. The van der Waals surface area contributed by atoms with Gasteiger partial charge in [0, 0.05) is 31.7 Å². The zero-order valence-corrected chi connectivity index (χ0v) is 11.5. The predicted octanol–water partition coefficient (Wildman–Crippen LogP) is 2.63. The van der Waals surface area contributed by atoms with Gasteiger partial charge in [-0.1, -0.05) is 6.07 Å². The third-order valence-electron chi connectivity index (χ3n) is 3.19. The number of methoxy groups -OCH3 is 1. The first-order valence-corrected chi connectivity index (χ1v) is 7.27. The van der Waals surface area contributed by atoms with E-state index in [1.165, 1.54) is 4.88 Å². The second kappa shape index (κ2) is 6.75. The van der Waals surface area contributed by atoms with Crippen molar-refractivity contribution in [2.24, 2.45) is 0 Å². The molecule has 18 heavy (non-hydrogen) atoms. The molecule has 0 aliphatic carbocycles. The minimum atomic E-state index is 0.0574. The fourth-order valence-electron chi connectivity index (χ4n) is 2.30. The summed E-state index contributed by atoms with van der Waals surface area (Å²) < 4.78 is 4.97. The van der Waals surface area contributed by atoms with Gasteiger partial charge in [0.05, 0.1) is 6.04 Å². The van der Waals surface area contributed by atoms with Gasteiger partial charge in [-0.2, -0.15) is 0 Å². The number of carbonyl (C=O) groups is 1. The first kappa shape index (κ1) is 13.4. The molecule has 1 unspecified atom stereocenters. The molecule has 1 saturated heterocycles. The number of ether oxygens (including phenoxy) is 1. The molecular formula is C13H20N2O2S. The Morgan fingerprint density at radius 2 is 2.56 bits per heavy atom. The Labute approximate surface area is 112 Å². The largest absolute Gasteiger partial charge is 0.385 e. The van der Waals surface area contributed by atoms with E-state index in [0.717, 1.165) is 25.8 Å². The number of carbonyl (C=O) groups excluding carboxylic acids is 1. The van der Waals surface area contributed by atoms with Gasteiger partial charge in [-0.25, -0.2) is 4.79 Å². The number of hydrogen-bond acceptors (Lipinski definition) is 3. The van der Waals surface area contributed by atoms with Gasteiger partial charge in [-0.15, -0.1) is 11.3 Å². The van der Waals surface area contributed by atoms with Crippen LogP contribution in [0.15, 0.2) is 17.5 Å². The smallest absolute Gasteiger partial charge is 0.317 e. The van der Waals surface area contributed by atoms with E-state index in [0.29, 0.717) is 13.2 Å². The van der Waals surface area contributed by atoms with Gasteiger partial charge in [0.25, 0.3) is 0 Å². The molecule has 4 nitrogen and oxygen atoms in total. The van der Waals surface area contributed by atoms with Crippen LogP contribution in [0.4, 0.5) is 4.79 Å². The molecule has 1 aromatic rings. The molecule has 0 radical (unpaired) electrons. The van der Waals surface area contributed by atoms with Crippen LogP contribution in [0.2, 0.25) is 0 Å². The summed E-state index contributed by atoms with van der Waals surface area (Å²) in [5, 5.41) is 5.03. The highest BCUT2D eigenvalue weighted by Crippen LogP contribution is 2.34. The maximum Gasteiger partial charge on any atom is 0.317 e. The third-order valence-corrected chi connectivity index (χ3v) is 4.16. The summed E-state index contributed by atoms with van der Waals surface area (Å²) in [6.07, 6.45) is 3.03. The highest BCUT2D eigenvalue weighted by Gasteiger charge is 2.30. The maximum atomic E-state index is 12.1. The normalized spacial score (nSPS) is 19.2. The number of thiophene rings is 1. The minimum absolute atomic E-state index is 0.0574. The van der Waals surface area contributed by atoms with Crippen LogP contribution in [-0.2, 0) is 4.74 Å². The lowest BCUT2D eigenvalue weighted by atomic mass is 10.2. The van der Waals surface area contributed by atoms with Crippen LogP contribution in [0.25, 0.3) is 0 Å². The lowest BCUT2D eigenvalue weighted by molar-refractivity contribution is 0.183. The summed E-state index contributed by atoms with van der Waals surface area (Å²) in [4.78, 5) is 15.3. The first-order chi connectivity index (χ1) is 8.83. The van der Waals surface area contributed by atoms with Crippen LogP contribution >= 0.6 is 11.3 Å². The SMILES string of the molecule is COCCCNC(=O)N1CCCC1c1cccs1. The zero-order chi connectivity index (χ0) is 12.8. The molecule has 0 spiro atoms. The molecule has 1 aliphatic rings. The van der Waals surface area contributed by atoms with Crippen molar-refractivity contribution in [2.75, 3.05) is 26.8 Å². The van der Waals surface area contributed by atoms with E-state index >= 15 is 0 Å². The summed E-state index contributed by atoms with van der Waals surface area (Å²) >= 11 is 1.73. The lowest BCUT2D eigenvalue weighted by Gasteiger charge is -2.24. The lowest BCUT2D eigenvalue weighted by Crippen LogP contribution is -2.39. The fraction of sp³-hybridized carbons (Fsp3) is 0.615. The average molecular weight is 268 g/mol. The van der Waals surface area contributed by atoms with Gasteiger partial charge in [-0.3, -0.25) is 0 Å². The van der Waals surface area contributed by atoms with Gasteiger partial charge >= 0.3 is 6.03 Å². The van der Waals surface area contributed by atoms with E-state index in [1.807, 2.05) is 11.0 Å². The molecule has 1 fully saturated rings. The Kier molecular flexibility index (Phi) is 5.01. The summed E-state index contributed by atoms with van der Waals surface area (Å²) in [7, 11) is 1.68. The number of urea groups is 1. The van der Waals surface area contributed by atoms with Crippen LogP contribution in [-0.4, -0.2) is 37.7 Å². The van der Waals surface area contributed by atoms with Crippen molar-refractivity contribution < 1.29 is 9.53 Å². The number of likely N-dealkylation sites (tertiary alicyclic amines) is 1. The Hall–Kier alpha value is -1.07. The van der Waals surface area contributed by atoms with Crippen molar-refractivity contribution in [3.8, 4) is 0 Å². The second-order valence-electron chi connectivity index (χ2n) is 4.45. The Balaban J connectivity index is 1.85. The quantitative estimate of drug-likeness (QED) is 0.834. The number of rotatable bonds is 5. The highest BCUT2D eigenvalue weighted by atomic mass is 32.1. The number of amides is 2. The molecular weight excluding hydrogens is 248 g/mol. The van der Waals surface area contributed by atoms with Crippen molar-refractivity contribution in [3.05, 3.63) is 22.4 Å². The van der Waals surface area contributed by atoms with Crippen molar-refractivity contribution in [2.45, 2.75) is 25.3 Å². The van der Waals surface area contributed by atoms with Crippen molar-refractivity contribution >= 4 is 17.4 Å². The van der Waals surface area contributed by atoms with Crippen LogP contribution < -0.4 is 5.32 Å². The second-order valence-corrected chi connectivity index (χ2v) is 5.42. The number of nitrogens with zero attached hydrogens (tertiary/aromatic N) is 1. The predicted molar refractivity (Wildman–Crippen MR) is 72.9 cm³/mol. The molecule has 0 saturated carbocycles. The van der Waals surface area contributed by atoms with Crippen molar-refractivity contribution in [1.82, 2.24) is 10.2 Å². The van der Waals surface area contributed by atoms with Crippen molar-refractivity contribution in [1.29, 1.82) is 0 Å². The summed E-state index contributed by atoms with van der Waals surface area (Å²) in [6, 6.07) is 4.49. The Morgan fingerprint density at radius 1 is 1.67 bits per heavy atom. The molecule has 1 aliphatic heterocycles. The van der Waals surface area contributed by atoms with E-state index in [-0.39, 0.29) is 12.1 Å². The standard InChI is InChI=1S/C13H20N2O2S/c1-17-9-4-7-14-13(16)15-8-2-5-11(15)12-6-3-10-18-12/h3,6,10-11H,2,4-5,7-9H2,1H3,(H,14,16). The molecule has 1 aromatic heterocycles. The van der Waals surface area contributed by atoms with Gasteiger partial charge < -0.3 is 15.0 Å². The summed E-state index contributed by atoms with van der Waals surface area (Å²) in [5.74, 6) is 0. The molecule has 1 N–H and O–H groups in total. The van der Waals surface area contributed by atoms with E-state index in [2.05, 4.69) is 16.8 Å². The maximum absolute atomic E-state index is 12.1. The van der Waals surface area contributed by atoms with Crippen LogP contribution in [0.1, 0.15) is 30.2 Å². The molecule has 2 heterocycles. The van der Waals surface area contributed by atoms with Gasteiger partial charge in [0.1, 0.15) is 0 Å². The van der Waals surface area contributed by atoms with Gasteiger partial charge in [0.2, 0.25) is 0 Å². The molecule has 2 amide bonds. The number of hydrogen-bond donors (Lipinski definition) is 1. The topological polar surface area (TPSA) is 41.6 Å². The van der Waals surface area contributed by atoms with E-state index < -0.39 is 0 Å². The highest BCUT2D eigenvalue weighted by molar-refractivity contribution is 7.10. The summed E-state index contributed by atoms with van der Waals surface area (Å²) in [6.45, 7) is 2.23. The number of nitrogens with one attached hydrogen (secondary N) is 1. The molecule has 0 aromatic carbocycles. The van der Waals surface area contributed by atoms with Crippen LogP contribution in [0, 0.1) is 0 Å². The summed E-state index contributed by atoms with van der Waals surface area (Å²) in [5.41, 5.74) is 0. The Morgan fingerprint density at radius 3 is 3.28 bits per heavy atom. The molecule has 2 rings (SSSR count). The molecule has 1 atom stereocenters. The van der Waals surface area contributed by atoms with Crippen molar-refractivity contribution in [3.63, 3.8) is 0 Å². The van der Waals surface area contributed by atoms with Crippen LogP contribution in [0.3, 0.4) is 0 Å². The minimum Gasteiger partial charge on any atom is -0.385 e. The third kappa shape index (κ3) is 3.23. The van der Waals surface area contributed by atoms with Crippen LogP contribution in [0.5, 0.6) is 0 Å². The monoisotopic (exact) mass is 268 g/mol. The molecule has 5 heteroatoms. The average Bonchev–Trinajstić information content (AvgIpc) is 3.02. The first-order valence-electron chi connectivity index (χ1n) is 6.39.